The Kier molecular flexibility index (Phi) is 6.21. The number of benzene rings is 1. The van der Waals surface area contributed by atoms with Crippen LogP contribution in [0.1, 0.15) is 19.4 Å². The van der Waals surface area contributed by atoms with E-state index in [0.29, 0.717) is 18.8 Å². The largest absolute Gasteiger partial charge is 0.416 e. The molecular weight excluding hydrogens is 319 g/mol. The van der Waals surface area contributed by atoms with Gasteiger partial charge < -0.3 is 10.2 Å². The van der Waals surface area contributed by atoms with Crippen LogP contribution in [0.3, 0.4) is 0 Å². The molecule has 0 heterocycles. The molecule has 0 amide bonds. The van der Waals surface area contributed by atoms with E-state index in [1.165, 1.54) is 6.07 Å². The zero-order valence-electron chi connectivity index (χ0n) is 13.1. The average Bonchev–Trinajstić information content (AvgIpc) is 2.56. The second-order valence-corrected chi connectivity index (χ2v) is 4.61. The van der Waals surface area contributed by atoms with Crippen molar-refractivity contribution in [1.82, 2.24) is 0 Å². The Hall–Kier alpha value is -3.18. The Labute approximate surface area is 137 Å². The maximum Gasteiger partial charge on any atom is 0.416 e. The molecule has 5 nitrogen and oxygen atoms in total. The summed E-state index contributed by atoms with van der Waals surface area (Å²) in [5, 5.41) is 29.3. The second kappa shape index (κ2) is 7.89. The van der Waals surface area contributed by atoms with Gasteiger partial charge in [0.2, 0.25) is 0 Å². The number of alkyl halides is 3. The molecule has 1 N–H and O–H groups in total. The zero-order chi connectivity index (χ0) is 18.3. The van der Waals surface area contributed by atoms with Gasteiger partial charge in [-0.15, -0.1) is 0 Å². The molecule has 0 aliphatic rings. The predicted molar refractivity (Wildman–Crippen MR) is 82.5 cm³/mol. The maximum absolute atomic E-state index is 13.0. The van der Waals surface area contributed by atoms with Gasteiger partial charge >= 0.3 is 6.18 Å². The molecule has 1 rings (SSSR count). The van der Waals surface area contributed by atoms with Crippen molar-refractivity contribution < 1.29 is 13.2 Å². The van der Waals surface area contributed by atoms with Gasteiger partial charge in [0, 0.05) is 13.1 Å². The third-order valence-corrected chi connectivity index (χ3v) is 3.27. The van der Waals surface area contributed by atoms with Gasteiger partial charge in [-0.05, 0) is 32.0 Å². The Morgan fingerprint density at radius 3 is 2.08 bits per heavy atom. The van der Waals surface area contributed by atoms with Gasteiger partial charge in [0.15, 0.2) is 5.57 Å². The predicted octanol–water partition coefficient (Wildman–Crippen LogP) is 3.79. The molecule has 0 saturated carbocycles. The van der Waals surface area contributed by atoms with Gasteiger partial charge in [-0.1, -0.05) is 0 Å². The fourth-order valence-electron chi connectivity index (χ4n) is 2.07. The normalized spacial score (nSPS) is 10.1. The first-order valence-corrected chi connectivity index (χ1v) is 7.00. The molecule has 0 aliphatic heterocycles. The molecular formula is C16H14F3N5. The van der Waals surface area contributed by atoms with Crippen molar-refractivity contribution in [2.45, 2.75) is 20.0 Å². The SMILES string of the molecule is CCN(CC)c1ccc(C(F)(F)F)cc1NC(C#N)=C(C#N)C#N. The number of hydrogen-bond donors (Lipinski definition) is 1. The molecule has 0 radical (unpaired) electrons. The summed E-state index contributed by atoms with van der Waals surface area (Å²) in [6, 6.07) is 7.83. The summed E-state index contributed by atoms with van der Waals surface area (Å²) in [7, 11) is 0. The minimum absolute atomic E-state index is 0.00748. The van der Waals surface area contributed by atoms with Crippen LogP contribution in [0.5, 0.6) is 0 Å². The molecule has 0 bridgehead atoms. The summed E-state index contributed by atoms with van der Waals surface area (Å²) in [4.78, 5) is 1.79. The summed E-state index contributed by atoms with van der Waals surface area (Å²) < 4.78 is 38.9. The van der Waals surface area contributed by atoms with Crippen molar-refractivity contribution in [3.8, 4) is 18.2 Å². The fraction of sp³-hybridized carbons (Fsp3) is 0.312. The van der Waals surface area contributed by atoms with Crippen LogP contribution in [0, 0.1) is 34.0 Å². The van der Waals surface area contributed by atoms with Crippen LogP contribution in [-0.4, -0.2) is 13.1 Å². The third-order valence-electron chi connectivity index (χ3n) is 3.27. The quantitative estimate of drug-likeness (QED) is 0.829. The Balaban J connectivity index is 3.53. The van der Waals surface area contributed by atoms with Crippen LogP contribution in [0.25, 0.3) is 0 Å². The maximum atomic E-state index is 13.0. The van der Waals surface area contributed by atoms with Crippen molar-refractivity contribution in [3.63, 3.8) is 0 Å². The fourth-order valence-corrected chi connectivity index (χ4v) is 2.07. The minimum Gasteiger partial charge on any atom is -0.370 e. The minimum atomic E-state index is -4.55. The lowest BCUT2D eigenvalue weighted by molar-refractivity contribution is -0.137. The van der Waals surface area contributed by atoms with Crippen molar-refractivity contribution >= 4 is 11.4 Å². The number of nitrogens with zero attached hydrogens (tertiary/aromatic N) is 4. The lowest BCUT2D eigenvalue weighted by Crippen LogP contribution is -2.23. The number of nitriles is 3. The molecule has 124 valence electrons. The van der Waals surface area contributed by atoms with E-state index in [4.69, 9.17) is 15.8 Å². The molecule has 1 aromatic rings. The van der Waals surface area contributed by atoms with Crippen LogP contribution in [0.2, 0.25) is 0 Å². The van der Waals surface area contributed by atoms with Gasteiger partial charge in [-0.2, -0.15) is 29.0 Å². The molecule has 1 aromatic carbocycles. The highest BCUT2D eigenvalue weighted by Gasteiger charge is 2.31. The Morgan fingerprint density at radius 1 is 1.08 bits per heavy atom. The zero-order valence-corrected chi connectivity index (χ0v) is 13.1. The van der Waals surface area contributed by atoms with Crippen molar-refractivity contribution in [2.75, 3.05) is 23.3 Å². The van der Waals surface area contributed by atoms with E-state index >= 15 is 0 Å². The van der Waals surface area contributed by atoms with E-state index in [-0.39, 0.29) is 5.69 Å². The van der Waals surface area contributed by atoms with Crippen molar-refractivity contribution in [1.29, 1.82) is 15.8 Å². The molecule has 0 atom stereocenters. The number of halogens is 3. The molecule has 0 saturated heterocycles. The highest BCUT2D eigenvalue weighted by molar-refractivity contribution is 5.75. The number of allylic oxidation sites excluding steroid dienone is 2. The monoisotopic (exact) mass is 333 g/mol. The standard InChI is InChI=1S/C16H14F3N5/c1-3-24(4-2)15-6-5-12(16(17,18)19)7-13(15)23-14(10-22)11(8-20)9-21/h5-7,23H,3-4H2,1-2H3. The Bertz CT molecular complexity index is 740. The Morgan fingerprint density at radius 2 is 1.67 bits per heavy atom. The first-order chi connectivity index (χ1) is 11.3. The number of rotatable bonds is 5. The van der Waals surface area contributed by atoms with E-state index in [1.807, 2.05) is 13.8 Å². The number of anilines is 2. The summed E-state index contributed by atoms with van der Waals surface area (Å²) in [6.45, 7) is 4.74. The van der Waals surface area contributed by atoms with E-state index < -0.39 is 23.0 Å². The lowest BCUT2D eigenvalue weighted by Gasteiger charge is -2.25. The van der Waals surface area contributed by atoms with E-state index in [2.05, 4.69) is 5.32 Å². The lowest BCUT2D eigenvalue weighted by atomic mass is 10.1. The summed E-state index contributed by atoms with van der Waals surface area (Å²) >= 11 is 0. The second-order valence-electron chi connectivity index (χ2n) is 4.61. The highest BCUT2D eigenvalue weighted by atomic mass is 19.4. The van der Waals surface area contributed by atoms with Gasteiger partial charge in [0.1, 0.15) is 23.9 Å². The average molecular weight is 333 g/mol. The molecule has 0 spiro atoms. The first kappa shape index (κ1) is 18.9. The molecule has 0 fully saturated rings. The molecule has 0 unspecified atom stereocenters. The molecule has 8 heteroatoms. The van der Waals surface area contributed by atoms with Crippen LogP contribution in [0.15, 0.2) is 29.5 Å². The first-order valence-electron chi connectivity index (χ1n) is 7.00. The van der Waals surface area contributed by atoms with E-state index in [0.717, 1.165) is 12.1 Å². The van der Waals surface area contributed by atoms with Gasteiger partial charge in [-0.25, -0.2) is 0 Å². The molecule has 24 heavy (non-hydrogen) atoms. The van der Waals surface area contributed by atoms with Gasteiger partial charge in [0.05, 0.1) is 16.9 Å². The van der Waals surface area contributed by atoms with Crippen LogP contribution in [-0.2, 0) is 6.18 Å². The molecule has 0 aromatic heterocycles. The third kappa shape index (κ3) is 4.18. The summed E-state index contributed by atoms with van der Waals surface area (Å²) in [6.07, 6.45) is -4.55. The van der Waals surface area contributed by atoms with Crippen LogP contribution < -0.4 is 10.2 Å². The number of nitrogens with one attached hydrogen (secondary N) is 1. The van der Waals surface area contributed by atoms with Crippen LogP contribution in [0.4, 0.5) is 24.5 Å². The van der Waals surface area contributed by atoms with Crippen molar-refractivity contribution in [3.05, 3.63) is 35.0 Å². The number of hydrogen-bond acceptors (Lipinski definition) is 5. The van der Waals surface area contributed by atoms with E-state index in [1.54, 1.807) is 23.1 Å². The van der Waals surface area contributed by atoms with Gasteiger partial charge in [-0.3, -0.25) is 0 Å². The van der Waals surface area contributed by atoms with Crippen LogP contribution >= 0.6 is 0 Å². The smallest absolute Gasteiger partial charge is 0.370 e. The van der Waals surface area contributed by atoms with E-state index in [9.17, 15) is 13.2 Å². The summed E-state index contributed by atoms with van der Waals surface area (Å²) in [5.74, 6) is 0. The van der Waals surface area contributed by atoms with Crippen molar-refractivity contribution in [2.24, 2.45) is 0 Å². The molecule has 0 aliphatic carbocycles. The summed E-state index contributed by atoms with van der Waals surface area (Å²) in [5.41, 5.74) is -1.34. The topological polar surface area (TPSA) is 86.6 Å². The highest BCUT2D eigenvalue weighted by Crippen LogP contribution is 2.36. The van der Waals surface area contributed by atoms with Gasteiger partial charge in [0.25, 0.3) is 0 Å².